The van der Waals surface area contributed by atoms with Crippen LogP contribution in [0.3, 0.4) is 0 Å². The van der Waals surface area contributed by atoms with Gasteiger partial charge in [0.25, 0.3) is 0 Å². The van der Waals surface area contributed by atoms with Gasteiger partial charge in [0.15, 0.2) is 0 Å². The predicted molar refractivity (Wildman–Crippen MR) is 64.3 cm³/mol. The summed E-state index contributed by atoms with van der Waals surface area (Å²) in [5.74, 6) is 0.656. The lowest BCUT2D eigenvalue weighted by Gasteiger charge is -2.32. The van der Waals surface area contributed by atoms with Crippen LogP contribution in [0.4, 0.5) is 0 Å². The molecule has 1 aliphatic rings. The van der Waals surface area contributed by atoms with Crippen LogP contribution in [0.2, 0.25) is 0 Å². The molecule has 0 aromatic carbocycles. The molecule has 0 aliphatic heterocycles. The Hall–Kier alpha value is -0.610. The van der Waals surface area contributed by atoms with Crippen LogP contribution in [0, 0.1) is 5.92 Å². The van der Waals surface area contributed by atoms with Crippen LogP contribution in [-0.4, -0.2) is 50.2 Å². The molecule has 0 heterocycles. The van der Waals surface area contributed by atoms with Crippen LogP contribution in [0.1, 0.15) is 26.7 Å². The van der Waals surface area contributed by atoms with Gasteiger partial charge in [0, 0.05) is 13.1 Å². The largest absolute Gasteiger partial charge is 0.468 e. The summed E-state index contributed by atoms with van der Waals surface area (Å²) in [4.78, 5) is 14.0. The first kappa shape index (κ1) is 13.5. The van der Waals surface area contributed by atoms with Gasteiger partial charge in [-0.05, 0) is 39.3 Å². The number of ether oxygens (including phenoxy) is 1. The molecule has 0 spiro atoms. The first-order valence-electron chi connectivity index (χ1n) is 6.05. The second kappa shape index (κ2) is 5.64. The molecule has 16 heavy (non-hydrogen) atoms. The third kappa shape index (κ3) is 3.46. The van der Waals surface area contributed by atoms with E-state index in [1.54, 1.807) is 0 Å². The second-order valence-corrected chi connectivity index (χ2v) is 4.84. The fourth-order valence-corrected chi connectivity index (χ4v) is 1.89. The van der Waals surface area contributed by atoms with Gasteiger partial charge in [-0.1, -0.05) is 6.92 Å². The first-order valence-corrected chi connectivity index (χ1v) is 6.05. The van der Waals surface area contributed by atoms with Crippen molar-refractivity contribution in [3.05, 3.63) is 0 Å². The van der Waals surface area contributed by atoms with Gasteiger partial charge in [-0.3, -0.25) is 4.79 Å². The van der Waals surface area contributed by atoms with E-state index in [1.807, 2.05) is 14.0 Å². The number of hydrogen-bond acceptors (Lipinski definition) is 4. The van der Waals surface area contributed by atoms with Crippen LogP contribution in [0.5, 0.6) is 0 Å². The molecule has 94 valence electrons. The van der Waals surface area contributed by atoms with Crippen molar-refractivity contribution in [2.45, 2.75) is 32.2 Å². The number of likely N-dealkylation sites (N-methyl/N-ethyl adjacent to an activating group) is 2. The Bertz CT molecular complexity index is 241. The SMILES string of the molecule is CCN(CC1CC1)CC(C)(NC)C(=O)OC. The molecule has 1 saturated carbocycles. The van der Waals surface area contributed by atoms with Crippen LogP contribution >= 0.6 is 0 Å². The minimum atomic E-state index is -0.598. The van der Waals surface area contributed by atoms with Crippen LogP contribution in [0.25, 0.3) is 0 Å². The standard InChI is InChI=1S/C12H24N2O2/c1-5-14(8-10-6-7-10)9-12(2,13-3)11(15)16-4/h10,13H,5-9H2,1-4H3. The zero-order chi connectivity index (χ0) is 12.2. The topological polar surface area (TPSA) is 41.6 Å². The van der Waals surface area contributed by atoms with E-state index >= 15 is 0 Å². The molecule has 0 aromatic rings. The first-order chi connectivity index (χ1) is 7.55. The number of nitrogens with zero attached hydrogens (tertiary/aromatic N) is 1. The van der Waals surface area contributed by atoms with Gasteiger partial charge in [-0.2, -0.15) is 0 Å². The Morgan fingerprint density at radius 1 is 1.56 bits per heavy atom. The number of carbonyl (C=O) groups excluding carboxylic acids is 1. The average molecular weight is 228 g/mol. The van der Waals surface area contributed by atoms with Gasteiger partial charge in [0.05, 0.1) is 7.11 Å². The Balaban J connectivity index is 2.53. The lowest BCUT2D eigenvalue weighted by molar-refractivity contribution is -0.148. The monoisotopic (exact) mass is 228 g/mol. The Morgan fingerprint density at radius 3 is 2.56 bits per heavy atom. The van der Waals surface area contributed by atoms with E-state index in [-0.39, 0.29) is 5.97 Å². The number of rotatable bonds is 7. The van der Waals surface area contributed by atoms with Gasteiger partial charge >= 0.3 is 5.97 Å². The minimum absolute atomic E-state index is 0.191. The fourth-order valence-electron chi connectivity index (χ4n) is 1.89. The molecule has 1 unspecified atom stereocenters. The molecule has 1 rings (SSSR count). The fraction of sp³-hybridized carbons (Fsp3) is 0.917. The van der Waals surface area contributed by atoms with E-state index in [0.29, 0.717) is 6.54 Å². The van der Waals surface area contributed by atoms with Gasteiger partial charge in [0.2, 0.25) is 0 Å². The van der Waals surface area contributed by atoms with E-state index in [2.05, 4.69) is 17.1 Å². The summed E-state index contributed by atoms with van der Waals surface area (Å²) in [5.41, 5.74) is -0.598. The third-order valence-corrected chi connectivity index (χ3v) is 3.39. The Labute approximate surface area is 98.3 Å². The molecule has 0 aromatic heterocycles. The minimum Gasteiger partial charge on any atom is -0.468 e. The van der Waals surface area contributed by atoms with Gasteiger partial charge in [0.1, 0.15) is 5.54 Å². The van der Waals surface area contributed by atoms with Gasteiger partial charge in [-0.25, -0.2) is 0 Å². The summed E-state index contributed by atoms with van der Waals surface area (Å²) in [6, 6.07) is 0. The molecule has 1 fully saturated rings. The highest BCUT2D eigenvalue weighted by Gasteiger charge is 2.35. The van der Waals surface area contributed by atoms with Gasteiger partial charge in [-0.15, -0.1) is 0 Å². The molecule has 1 atom stereocenters. The summed E-state index contributed by atoms with van der Waals surface area (Å²) >= 11 is 0. The van der Waals surface area contributed by atoms with Crippen LogP contribution in [0.15, 0.2) is 0 Å². The summed E-state index contributed by atoms with van der Waals surface area (Å²) < 4.78 is 4.84. The molecule has 1 N–H and O–H groups in total. The van der Waals surface area contributed by atoms with Crippen molar-refractivity contribution >= 4 is 5.97 Å². The lowest BCUT2D eigenvalue weighted by atomic mass is 10.0. The number of esters is 1. The van der Waals surface area contributed by atoms with E-state index in [9.17, 15) is 4.79 Å². The lowest BCUT2D eigenvalue weighted by Crippen LogP contribution is -2.56. The molecule has 1 aliphatic carbocycles. The van der Waals surface area contributed by atoms with E-state index in [1.165, 1.54) is 20.0 Å². The van der Waals surface area contributed by atoms with Crippen molar-refractivity contribution in [3.63, 3.8) is 0 Å². The normalized spacial score (nSPS) is 19.6. The third-order valence-electron chi connectivity index (χ3n) is 3.39. The molecule has 0 radical (unpaired) electrons. The quantitative estimate of drug-likeness (QED) is 0.657. The number of carbonyl (C=O) groups is 1. The maximum absolute atomic E-state index is 11.7. The highest BCUT2D eigenvalue weighted by Crippen LogP contribution is 2.30. The molecule has 4 heteroatoms. The van der Waals surface area contributed by atoms with Crippen LogP contribution < -0.4 is 5.32 Å². The Morgan fingerprint density at radius 2 is 2.19 bits per heavy atom. The summed E-state index contributed by atoms with van der Waals surface area (Å²) in [5, 5.41) is 3.07. The van der Waals surface area contributed by atoms with Crippen molar-refractivity contribution in [1.29, 1.82) is 0 Å². The molecule has 0 amide bonds. The summed E-state index contributed by atoms with van der Waals surface area (Å²) in [6.45, 7) is 6.82. The van der Waals surface area contributed by atoms with Crippen molar-refractivity contribution in [2.24, 2.45) is 5.92 Å². The molecular weight excluding hydrogens is 204 g/mol. The highest BCUT2D eigenvalue weighted by molar-refractivity contribution is 5.80. The zero-order valence-electron chi connectivity index (χ0n) is 10.9. The zero-order valence-corrected chi connectivity index (χ0v) is 10.9. The van der Waals surface area contributed by atoms with E-state index in [0.717, 1.165) is 19.0 Å². The second-order valence-electron chi connectivity index (χ2n) is 4.84. The Kier molecular flexibility index (Phi) is 4.74. The predicted octanol–water partition coefficient (Wildman–Crippen LogP) is 0.869. The summed E-state index contributed by atoms with van der Waals surface area (Å²) in [7, 11) is 3.25. The number of methoxy groups -OCH3 is 1. The van der Waals surface area contributed by atoms with Crippen molar-refractivity contribution < 1.29 is 9.53 Å². The average Bonchev–Trinajstić information content (AvgIpc) is 3.10. The summed E-state index contributed by atoms with van der Waals surface area (Å²) in [6.07, 6.45) is 2.68. The number of nitrogens with one attached hydrogen (secondary N) is 1. The van der Waals surface area contributed by atoms with Gasteiger partial charge < -0.3 is 15.0 Å². The van der Waals surface area contributed by atoms with Crippen molar-refractivity contribution in [3.8, 4) is 0 Å². The highest BCUT2D eigenvalue weighted by atomic mass is 16.5. The van der Waals surface area contributed by atoms with E-state index in [4.69, 9.17) is 4.74 Å². The van der Waals surface area contributed by atoms with Crippen LogP contribution in [-0.2, 0) is 9.53 Å². The van der Waals surface area contributed by atoms with Crippen molar-refractivity contribution in [2.75, 3.05) is 33.8 Å². The number of hydrogen-bond donors (Lipinski definition) is 1. The molecule has 0 saturated heterocycles. The maximum atomic E-state index is 11.7. The van der Waals surface area contributed by atoms with E-state index < -0.39 is 5.54 Å². The molecule has 4 nitrogen and oxygen atoms in total. The molecular formula is C12H24N2O2. The molecule has 0 bridgehead atoms. The maximum Gasteiger partial charge on any atom is 0.327 e. The smallest absolute Gasteiger partial charge is 0.327 e. The van der Waals surface area contributed by atoms with Crippen molar-refractivity contribution in [1.82, 2.24) is 10.2 Å².